The minimum atomic E-state index is -0.0862. The lowest BCUT2D eigenvalue weighted by molar-refractivity contribution is 0.101. The number of para-hydroxylation sites is 1. The first kappa shape index (κ1) is 11.5. The Bertz CT molecular complexity index is 771. The van der Waals surface area contributed by atoms with E-state index in [1.165, 1.54) is 6.92 Å². The molecule has 5 nitrogen and oxygen atoms in total. The second-order valence-corrected chi connectivity index (χ2v) is 4.34. The van der Waals surface area contributed by atoms with E-state index < -0.39 is 0 Å². The Kier molecular flexibility index (Phi) is 2.59. The van der Waals surface area contributed by atoms with Crippen molar-refractivity contribution in [2.75, 3.05) is 0 Å². The number of carbonyl (C=O) groups excluding carboxylic acids is 1. The number of aromatic nitrogens is 4. The van der Waals surface area contributed by atoms with Crippen molar-refractivity contribution in [1.29, 1.82) is 0 Å². The molecule has 0 aliphatic carbocycles. The van der Waals surface area contributed by atoms with Crippen molar-refractivity contribution >= 4 is 16.7 Å². The van der Waals surface area contributed by atoms with Gasteiger partial charge in [-0.2, -0.15) is 0 Å². The molecule has 2 heterocycles. The Morgan fingerprint density at radius 3 is 2.74 bits per heavy atom. The van der Waals surface area contributed by atoms with Gasteiger partial charge in [0.2, 0.25) is 0 Å². The van der Waals surface area contributed by atoms with Crippen molar-refractivity contribution in [3.8, 4) is 5.69 Å². The van der Waals surface area contributed by atoms with Gasteiger partial charge in [0.15, 0.2) is 11.5 Å². The number of benzene rings is 1. The van der Waals surface area contributed by atoms with E-state index in [0.717, 1.165) is 22.3 Å². The maximum atomic E-state index is 11.4. The molecular weight excluding hydrogens is 240 g/mol. The van der Waals surface area contributed by atoms with Crippen molar-refractivity contribution in [2.24, 2.45) is 0 Å². The molecule has 0 saturated carbocycles. The maximum absolute atomic E-state index is 11.4. The zero-order valence-corrected chi connectivity index (χ0v) is 10.7. The molecule has 0 radical (unpaired) electrons. The van der Waals surface area contributed by atoms with Crippen LogP contribution in [-0.2, 0) is 0 Å². The third kappa shape index (κ3) is 1.79. The van der Waals surface area contributed by atoms with Crippen molar-refractivity contribution in [2.45, 2.75) is 13.8 Å². The summed E-state index contributed by atoms with van der Waals surface area (Å²) in [6.07, 6.45) is 1.74. The first-order chi connectivity index (χ1) is 9.18. The van der Waals surface area contributed by atoms with E-state index in [-0.39, 0.29) is 5.78 Å². The quantitative estimate of drug-likeness (QED) is 0.657. The number of fused-ring (bicyclic) bond motifs is 1. The summed E-state index contributed by atoms with van der Waals surface area (Å²) in [5.74, 6) is -0.0862. The van der Waals surface area contributed by atoms with E-state index in [9.17, 15) is 4.79 Å². The first-order valence-corrected chi connectivity index (χ1v) is 5.96. The van der Waals surface area contributed by atoms with E-state index in [1.807, 2.05) is 37.3 Å². The second-order valence-electron chi connectivity index (χ2n) is 4.34. The molecule has 2 aromatic heterocycles. The highest BCUT2D eigenvalue weighted by atomic mass is 16.1. The van der Waals surface area contributed by atoms with Gasteiger partial charge in [0, 0.05) is 18.5 Å². The highest BCUT2D eigenvalue weighted by Crippen LogP contribution is 2.21. The lowest BCUT2D eigenvalue weighted by Gasteiger charge is -2.06. The fourth-order valence-corrected chi connectivity index (χ4v) is 2.14. The molecule has 1 aromatic carbocycles. The van der Waals surface area contributed by atoms with Crippen molar-refractivity contribution < 1.29 is 4.79 Å². The molecule has 3 aromatic rings. The van der Waals surface area contributed by atoms with Crippen LogP contribution in [0.4, 0.5) is 0 Å². The summed E-state index contributed by atoms with van der Waals surface area (Å²) in [5.41, 5.74) is 2.79. The fourth-order valence-electron chi connectivity index (χ4n) is 2.14. The van der Waals surface area contributed by atoms with Gasteiger partial charge in [-0.15, -0.1) is 5.10 Å². The highest BCUT2D eigenvalue weighted by Gasteiger charge is 2.15. The summed E-state index contributed by atoms with van der Waals surface area (Å²) in [7, 11) is 0. The summed E-state index contributed by atoms with van der Waals surface area (Å²) in [4.78, 5) is 15.8. The summed E-state index contributed by atoms with van der Waals surface area (Å²) in [6.45, 7) is 3.32. The van der Waals surface area contributed by atoms with Gasteiger partial charge in [0.1, 0.15) is 0 Å². The molecule has 0 fully saturated rings. The van der Waals surface area contributed by atoms with Gasteiger partial charge in [0.25, 0.3) is 0 Å². The molecule has 0 N–H and O–H groups in total. The Hall–Kier alpha value is -2.56. The molecule has 0 aliphatic rings. The molecule has 94 valence electrons. The number of Topliss-reactive ketones (excluding diaryl/α,β-unsaturated/α-hetero) is 1. The smallest absolute Gasteiger partial charge is 0.181 e. The van der Waals surface area contributed by atoms with Gasteiger partial charge in [0.05, 0.1) is 16.9 Å². The van der Waals surface area contributed by atoms with Crippen LogP contribution in [0.1, 0.15) is 23.1 Å². The number of ketones is 1. The molecule has 0 amide bonds. The van der Waals surface area contributed by atoms with Crippen LogP contribution >= 0.6 is 0 Å². The SMILES string of the molecule is CC(=O)c1nnn(-c2cccc3cccnc23)c1C. The standard InChI is InChI=1S/C14H12N4O/c1-9-13(10(2)19)16-17-18(9)12-7-3-5-11-6-4-8-15-14(11)12/h3-8H,1-2H3. The lowest BCUT2D eigenvalue weighted by Crippen LogP contribution is -2.02. The number of hydrogen-bond acceptors (Lipinski definition) is 4. The van der Waals surface area contributed by atoms with Gasteiger partial charge in [-0.25, -0.2) is 4.68 Å². The van der Waals surface area contributed by atoms with Crippen LogP contribution in [0.5, 0.6) is 0 Å². The van der Waals surface area contributed by atoms with Crippen molar-refractivity contribution in [3.05, 3.63) is 47.9 Å². The van der Waals surface area contributed by atoms with Crippen LogP contribution in [0.15, 0.2) is 36.5 Å². The molecule has 0 aliphatic heterocycles. The average molecular weight is 252 g/mol. The minimum Gasteiger partial charge on any atom is -0.293 e. The number of rotatable bonds is 2. The van der Waals surface area contributed by atoms with Crippen LogP contribution in [-0.4, -0.2) is 25.8 Å². The van der Waals surface area contributed by atoms with Gasteiger partial charge < -0.3 is 0 Å². The number of hydrogen-bond donors (Lipinski definition) is 0. The Balaban J connectivity index is 2.28. The summed E-state index contributed by atoms with van der Waals surface area (Å²) in [6, 6.07) is 9.73. The zero-order valence-electron chi connectivity index (χ0n) is 10.7. The van der Waals surface area contributed by atoms with Crippen LogP contribution in [0.3, 0.4) is 0 Å². The normalized spacial score (nSPS) is 10.8. The summed E-state index contributed by atoms with van der Waals surface area (Å²) < 4.78 is 1.66. The van der Waals surface area contributed by atoms with Crippen LogP contribution in [0.25, 0.3) is 16.6 Å². The van der Waals surface area contributed by atoms with E-state index >= 15 is 0 Å². The topological polar surface area (TPSA) is 60.7 Å². The monoisotopic (exact) mass is 252 g/mol. The predicted molar refractivity (Wildman–Crippen MR) is 71.4 cm³/mol. The van der Waals surface area contributed by atoms with E-state index in [0.29, 0.717) is 5.69 Å². The van der Waals surface area contributed by atoms with Gasteiger partial charge >= 0.3 is 0 Å². The van der Waals surface area contributed by atoms with E-state index in [4.69, 9.17) is 0 Å². The lowest BCUT2D eigenvalue weighted by atomic mass is 10.2. The highest BCUT2D eigenvalue weighted by molar-refractivity contribution is 5.93. The molecule has 0 saturated heterocycles. The van der Waals surface area contributed by atoms with Gasteiger partial charge in [-0.05, 0) is 19.1 Å². The van der Waals surface area contributed by atoms with Crippen LogP contribution in [0.2, 0.25) is 0 Å². The minimum absolute atomic E-state index is 0.0862. The average Bonchev–Trinajstić information content (AvgIpc) is 2.80. The Labute approximate surface area is 109 Å². The summed E-state index contributed by atoms with van der Waals surface area (Å²) in [5, 5.41) is 9.02. The number of pyridine rings is 1. The first-order valence-electron chi connectivity index (χ1n) is 5.96. The van der Waals surface area contributed by atoms with Gasteiger partial charge in [-0.3, -0.25) is 9.78 Å². The largest absolute Gasteiger partial charge is 0.293 e. The molecule has 19 heavy (non-hydrogen) atoms. The van der Waals surface area contributed by atoms with E-state index in [2.05, 4.69) is 15.3 Å². The number of carbonyl (C=O) groups is 1. The zero-order chi connectivity index (χ0) is 13.4. The third-order valence-electron chi connectivity index (χ3n) is 3.07. The fraction of sp³-hybridized carbons (Fsp3) is 0.143. The second kappa shape index (κ2) is 4.28. The molecular formula is C14H12N4O. The third-order valence-corrected chi connectivity index (χ3v) is 3.07. The Morgan fingerprint density at radius 2 is 2.00 bits per heavy atom. The van der Waals surface area contributed by atoms with Gasteiger partial charge in [-0.1, -0.05) is 23.4 Å². The van der Waals surface area contributed by atoms with Crippen LogP contribution in [0, 0.1) is 6.92 Å². The van der Waals surface area contributed by atoms with Crippen molar-refractivity contribution in [3.63, 3.8) is 0 Å². The predicted octanol–water partition coefficient (Wildman–Crippen LogP) is 2.33. The van der Waals surface area contributed by atoms with Crippen LogP contribution < -0.4 is 0 Å². The molecule has 3 rings (SSSR count). The maximum Gasteiger partial charge on any atom is 0.181 e. The summed E-state index contributed by atoms with van der Waals surface area (Å²) >= 11 is 0. The molecule has 5 heteroatoms. The molecule has 0 atom stereocenters. The van der Waals surface area contributed by atoms with E-state index in [1.54, 1.807) is 10.9 Å². The molecule has 0 unspecified atom stereocenters. The molecule has 0 spiro atoms. The number of nitrogens with zero attached hydrogens (tertiary/aromatic N) is 4. The van der Waals surface area contributed by atoms with Crippen molar-refractivity contribution in [1.82, 2.24) is 20.0 Å². The molecule has 0 bridgehead atoms. The Morgan fingerprint density at radius 1 is 1.21 bits per heavy atom.